The molecule has 6 heteroatoms. The average molecular weight is 355 g/mol. The molecule has 116 valence electrons. The Labute approximate surface area is 145 Å². The van der Waals surface area contributed by atoms with Crippen LogP contribution >= 0.6 is 35.4 Å². The summed E-state index contributed by atoms with van der Waals surface area (Å²) in [6.07, 6.45) is 0.802. The van der Waals surface area contributed by atoms with Gasteiger partial charge in [0.05, 0.1) is 17.2 Å². The zero-order valence-corrected chi connectivity index (χ0v) is 14.4. The highest BCUT2D eigenvalue weighted by Crippen LogP contribution is 2.22. The molecule has 2 aromatic rings. The largest absolute Gasteiger partial charge is 0.497 e. The van der Waals surface area contributed by atoms with E-state index in [9.17, 15) is 0 Å². The molecule has 0 aliphatic carbocycles. The molecule has 3 nitrogen and oxygen atoms in total. The van der Waals surface area contributed by atoms with Crippen molar-refractivity contribution in [2.45, 2.75) is 6.42 Å². The first kappa shape index (κ1) is 16.9. The van der Waals surface area contributed by atoms with E-state index < -0.39 is 0 Å². The smallest absolute Gasteiger partial charge is 0.170 e. The standard InChI is InChI=1S/C16H16Cl2N2OS/c1-21-13-4-2-3-12(10-13)20-16(22)19-8-7-11-5-6-14(17)15(18)9-11/h2-6,9-10H,7-8H2,1H3,(H2,19,20,22). The van der Waals surface area contributed by atoms with Crippen LogP contribution in [0.5, 0.6) is 5.75 Å². The van der Waals surface area contributed by atoms with Crippen LogP contribution in [0, 0.1) is 0 Å². The molecule has 0 bridgehead atoms. The van der Waals surface area contributed by atoms with Gasteiger partial charge in [0, 0.05) is 18.3 Å². The summed E-state index contributed by atoms with van der Waals surface area (Å²) in [4.78, 5) is 0. The van der Waals surface area contributed by atoms with E-state index in [1.54, 1.807) is 13.2 Å². The Kier molecular flexibility index (Phi) is 6.31. The van der Waals surface area contributed by atoms with Gasteiger partial charge in [-0.25, -0.2) is 0 Å². The molecule has 0 amide bonds. The first-order chi connectivity index (χ1) is 10.6. The molecular weight excluding hydrogens is 339 g/mol. The van der Waals surface area contributed by atoms with E-state index in [1.165, 1.54) is 0 Å². The van der Waals surface area contributed by atoms with E-state index in [1.807, 2.05) is 36.4 Å². The number of rotatable bonds is 5. The molecule has 0 saturated heterocycles. The highest BCUT2D eigenvalue weighted by molar-refractivity contribution is 7.80. The molecule has 0 aliphatic heterocycles. The summed E-state index contributed by atoms with van der Waals surface area (Å²) in [5.74, 6) is 0.781. The van der Waals surface area contributed by atoms with Crippen molar-refractivity contribution in [3.8, 4) is 5.75 Å². The van der Waals surface area contributed by atoms with Crippen molar-refractivity contribution >= 4 is 46.2 Å². The van der Waals surface area contributed by atoms with Gasteiger partial charge in [-0.1, -0.05) is 35.3 Å². The molecule has 0 atom stereocenters. The minimum atomic E-state index is 0.563. The van der Waals surface area contributed by atoms with Gasteiger partial charge in [-0.05, 0) is 48.5 Å². The number of ether oxygens (including phenoxy) is 1. The van der Waals surface area contributed by atoms with E-state index in [0.717, 1.165) is 23.4 Å². The molecule has 0 saturated carbocycles. The summed E-state index contributed by atoms with van der Waals surface area (Å²) in [6.45, 7) is 0.702. The normalized spacial score (nSPS) is 10.1. The summed E-state index contributed by atoms with van der Waals surface area (Å²) < 4.78 is 5.17. The van der Waals surface area contributed by atoms with Crippen molar-refractivity contribution in [2.75, 3.05) is 19.0 Å². The Balaban J connectivity index is 1.81. The molecule has 2 rings (SSSR count). The van der Waals surface area contributed by atoms with Crippen LogP contribution in [0.15, 0.2) is 42.5 Å². The molecular formula is C16H16Cl2N2OS. The second-order valence-electron chi connectivity index (χ2n) is 4.61. The lowest BCUT2D eigenvalue weighted by Crippen LogP contribution is -2.30. The van der Waals surface area contributed by atoms with Crippen molar-refractivity contribution < 1.29 is 4.74 Å². The van der Waals surface area contributed by atoms with Crippen molar-refractivity contribution in [1.29, 1.82) is 0 Å². The fraction of sp³-hybridized carbons (Fsp3) is 0.188. The van der Waals surface area contributed by atoms with E-state index in [0.29, 0.717) is 21.7 Å². The highest BCUT2D eigenvalue weighted by Gasteiger charge is 2.02. The fourth-order valence-corrected chi connectivity index (χ4v) is 2.43. The zero-order chi connectivity index (χ0) is 15.9. The topological polar surface area (TPSA) is 33.3 Å². The molecule has 2 aromatic carbocycles. The van der Waals surface area contributed by atoms with Gasteiger partial charge in [0.2, 0.25) is 0 Å². The van der Waals surface area contributed by atoms with Crippen LogP contribution in [-0.2, 0) is 6.42 Å². The molecule has 2 N–H and O–H groups in total. The lowest BCUT2D eigenvalue weighted by molar-refractivity contribution is 0.415. The van der Waals surface area contributed by atoms with Gasteiger partial charge in [-0.15, -0.1) is 0 Å². The maximum Gasteiger partial charge on any atom is 0.170 e. The maximum absolute atomic E-state index is 5.99. The number of halogens is 2. The predicted molar refractivity (Wildman–Crippen MR) is 97.4 cm³/mol. The van der Waals surface area contributed by atoms with E-state index in [4.69, 9.17) is 40.2 Å². The molecule has 0 heterocycles. The summed E-state index contributed by atoms with van der Waals surface area (Å²) in [7, 11) is 1.63. The second-order valence-corrected chi connectivity index (χ2v) is 5.83. The van der Waals surface area contributed by atoms with Gasteiger partial charge in [0.1, 0.15) is 5.75 Å². The van der Waals surface area contributed by atoms with Crippen LogP contribution in [0.25, 0.3) is 0 Å². The minimum Gasteiger partial charge on any atom is -0.497 e. The molecule has 0 fully saturated rings. The van der Waals surface area contributed by atoms with E-state index in [-0.39, 0.29) is 0 Å². The number of hydrogen-bond donors (Lipinski definition) is 2. The van der Waals surface area contributed by atoms with Crippen LogP contribution in [0.4, 0.5) is 5.69 Å². The van der Waals surface area contributed by atoms with Gasteiger partial charge < -0.3 is 15.4 Å². The third-order valence-electron chi connectivity index (χ3n) is 3.01. The first-order valence-corrected chi connectivity index (χ1v) is 7.88. The Morgan fingerprint density at radius 2 is 1.95 bits per heavy atom. The fourth-order valence-electron chi connectivity index (χ4n) is 1.89. The van der Waals surface area contributed by atoms with Gasteiger partial charge >= 0.3 is 0 Å². The monoisotopic (exact) mass is 354 g/mol. The Hall–Kier alpha value is -1.49. The van der Waals surface area contributed by atoms with Crippen LogP contribution in [0.1, 0.15) is 5.56 Å². The number of thiocarbonyl (C=S) groups is 1. The van der Waals surface area contributed by atoms with Crippen molar-refractivity contribution in [1.82, 2.24) is 5.32 Å². The zero-order valence-electron chi connectivity index (χ0n) is 12.0. The molecule has 22 heavy (non-hydrogen) atoms. The average Bonchev–Trinajstić information content (AvgIpc) is 2.51. The Morgan fingerprint density at radius 1 is 1.14 bits per heavy atom. The number of hydrogen-bond acceptors (Lipinski definition) is 2. The van der Waals surface area contributed by atoms with Crippen molar-refractivity contribution in [3.63, 3.8) is 0 Å². The second kappa shape index (κ2) is 8.22. The third-order valence-corrected chi connectivity index (χ3v) is 4.00. The molecule has 0 radical (unpaired) electrons. The Morgan fingerprint density at radius 3 is 2.68 bits per heavy atom. The number of anilines is 1. The summed E-state index contributed by atoms with van der Waals surface area (Å²) in [5, 5.41) is 7.96. The highest BCUT2D eigenvalue weighted by atomic mass is 35.5. The lowest BCUT2D eigenvalue weighted by Gasteiger charge is -2.11. The van der Waals surface area contributed by atoms with Crippen LogP contribution in [0.3, 0.4) is 0 Å². The summed E-state index contributed by atoms with van der Waals surface area (Å²) in [5.41, 5.74) is 1.98. The number of benzene rings is 2. The lowest BCUT2D eigenvalue weighted by atomic mass is 10.1. The van der Waals surface area contributed by atoms with Gasteiger partial charge in [0.15, 0.2) is 5.11 Å². The summed E-state index contributed by atoms with van der Waals surface area (Å²) in [6, 6.07) is 13.2. The SMILES string of the molecule is COc1cccc(NC(=S)NCCc2ccc(Cl)c(Cl)c2)c1. The molecule has 0 unspecified atom stereocenters. The molecule has 0 aliphatic rings. The predicted octanol–water partition coefficient (Wildman–Crippen LogP) is 4.53. The third kappa shape index (κ3) is 5.05. The maximum atomic E-state index is 5.99. The Bertz CT molecular complexity index is 664. The minimum absolute atomic E-state index is 0.563. The summed E-state index contributed by atoms with van der Waals surface area (Å²) >= 11 is 17.1. The van der Waals surface area contributed by atoms with E-state index in [2.05, 4.69) is 10.6 Å². The molecule has 0 aromatic heterocycles. The van der Waals surface area contributed by atoms with Gasteiger partial charge in [-0.3, -0.25) is 0 Å². The molecule has 0 spiro atoms. The first-order valence-electron chi connectivity index (χ1n) is 6.71. The van der Waals surface area contributed by atoms with Crippen molar-refractivity contribution in [2.24, 2.45) is 0 Å². The van der Waals surface area contributed by atoms with E-state index >= 15 is 0 Å². The van der Waals surface area contributed by atoms with Crippen LogP contribution in [-0.4, -0.2) is 18.8 Å². The van der Waals surface area contributed by atoms with Crippen molar-refractivity contribution in [3.05, 3.63) is 58.1 Å². The van der Waals surface area contributed by atoms with Gasteiger partial charge in [0.25, 0.3) is 0 Å². The van der Waals surface area contributed by atoms with Crippen LogP contribution < -0.4 is 15.4 Å². The van der Waals surface area contributed by atoms with Crippen LogP contribution in [0.2, 0.25) is 10.0 Å². The quantitative estimate of drug-likeness (QED) is 0.772. The number of nitrogens with one attached hydrogen (secondary N) is 2. The van der Waals surface area contributed by atoms with Gasteiger partial charge in [-0.2, -0.15) is 0 Å². The number of methoxy groups -OCH3 is 1.